The third-order valence-electron chi connectivity index (χ3n) is 4.23. The van der Waals surface area contributed by atoms with Gasteiger partial charge in [0.15, 0.2) is 11.8 Å². The second kappa shape index (κ2) is 9.49. The Morgan fingerprint density at radius 1 is 1.07 bits per heavy atom. The summed E-state index contributed by atoms with van der Waals surface area (Å²) in [6, 6.07) is 10.2. The molecule has 0 radical (unpaired) electrons. The van der Waals surface area contributed by atoms with E-state index in [4.69, 9.17) is 0 Å². The molecule has 0 unspecified atom stereocenters. The first-order chi connectivity index (χ1) is 12.6. The highest BCUT2D eigenvalue weighted by Crippen LogP contribution is 2.14. The zero-order valence-electron chi connectivity index (χ0n) is 16.0. The first-order valence-corrected chi connectivity index (χ1v) is 8.48. The predicted octanol–water partition coefficient (Wildman–Crippen LogP) is 2.10. The maximum atomic E-state index is 4.50. The van der Waals surface area contributed by atoms with Gasteiger partial charge in [-0.25, -0.2) is 4.68 Å². The number of benzene rings is 1. The van der Waals surface area contributed by atoms with Crippen LogP contribution in [0.15, 0.2) is 41.5 Å². The minimum absolute atomic E-state index is 0. The van der Waals surface area contributed by atoms with Crippen LogP contribution in [-0.4, -0.2) is 37.6 Å². The van der Waals surface area contributed by atoms with E-state index in [9.17, 15) is 0 Å². The van der Waals surface area contributed by atoms with Gasteiger partial charge in [-0.1, -0.05) is 18.2 Å². The molecule has 2 N–H and O–H groups in total. The molecule has 1 aromatic carbocycles. The Bertz CT molecular complexity index is 912. The fourth-order valence-electron chi connectivity index (χ4n) is 2.60. The van der Waals surface area contributed by atoms with Crippen LogP contribution in [0.2, 0.25) is 0 Å². The first kappa shape index (κ1) is 20.9. The number of hydrogen-bond donors (Lipinski definition) is 2. The molecule has 27 heavy (non-hydrogen) atoms. The van der Waals surface area contributed by atoms with Crippen molar-refractivity contribution < 1.29 is 0 Å². The Morgan fingerprint density at radius 2 is 1.81 bits per heavy atom. The van der Waals surface area contributed by atoms with Crippen molar-refractivity contribution in [1.29, 1.82) is 0 Å². The number of guanidine groups is 1. The van der Waals surface area contributed by atoms with E-state index in [1.165, 1.54) is 0 Å². The van der Waals surface area contributed by atoms with Gasteiger partial charge >= 0.3 is 0 Å². The molecular formula is C18H25IN8. The molecule has 0 fully saturated rings. The molecule has 0 aliphatic heterocycles. The lowest BCUT2D eigenvalue weighted by atomic mass is 10.2. The zero-order chi connectivity index (χ0) is 18.5. The number of halogens is 1. The fraction of sp³-hybridized carbons (Fsp3) is 0.333. The number of aliphatic imine (C=N–C) groups is 1. The molecule has 144 valence electrons. The van der Waals surface area contributed by atoms with Crippen molar-refractivity contribution in [3.63, 3.8) is 0 Å². The minimum Gasteiger partial charge on any atom is -0.352 e. The summed E-state index contributed by atoms with van der Waals surface area (Å²) >= 11 is 0. The Balaban J connectivity index is 0.00000261. The normalized spacial score (nSPS) is 11.2. The lowest BCUT2D eigenvalue weighted by molar-refractivity contribution is 0.716. The smallest absolute Gasteiger partial charge is 0.191 e. The molecule has 2 aromatic heterocycles. The molecular weight excluding hydrogens is 455 g/mol. The largest absolute Gasteiger partial charge is 0.352 e. The monoisotopic (exact) mass is 480 g/mol. The average Bonchev–Trinajstić information content (AvgIpc) is 3.22. The van der Waals surface area contributed by atoms with Crippen molar-refractivity contribution >= 4 is 29.9 Å². The molecule has 8 nitrogen and oxygen atoms in total. The number of nitrogens with zero attached hydrogens (tertiary/aromatic N) is 6. The summed E-state index contributed by atoms with van der Waals surface area (Å²) in [6.07, 6.45) is 1.97. The molecule has 2 heterocycles. The molecule has 0 aliphatic rings. The lowest BCUT2D eigenvalue weighted by Crippen LogP contribution is -2.37. The quantitative estimate of drug-likeness (QED) is 0.332. The molecule has 0 bridgehead atoms. The molecule has 0 saturated heterocycles. The number of aryl methyl sites for hydroxylation is 2. The van der Waals surface area contributed by atoms with Gasteiger partial charge in [-0.3, -0.25) is 4.99 Å². The number of rotatable bonds is 5. The highest BCUT2D eigenvalue weighted by molar-refractivity contribution is 14.0. The first-order valence-electron chi connectivity index (χ1n) is 8.48. The van der Waals surface area contributed by atoms with Crippen molar-refractivity contribution in [2.45, 2.75) is 26.9 Å². The van der Waals surface area contributed by atoms with Gasteiger partial charge < -0.3 is 15.2 Å². The highest BCUT2D eigenvalue weighted by atomic mass is 127. The van der Waals surface area contributed by atoms with Gasteiger partial charge in [0.25, 0.3) is 0 Å². The highest BCUT2D eigenvalue weighted by Gasteiger charge is 2.08. The number of para-hydroxylation sites is 1. The Morgan fingerprint density at radius 3 is 2.44 bits per heavy atom. The van der Waals surface area contributed by atoms with Crippen LogP contribution in [0.3, 0.4) is 0 Å². The van der Waals surface area contributed by atoms with Gasteiger partial charge in [0.05, 0.1) is 17.9 Å². The molecule has 3 rings (SSSR count). The van der Waals surface area contributed by atoms with Crippen LogP contribution in [0.25, 0.3) is 5.69 Å². The number of hydrogen-bond acceptors (Lipinski definition) is 4. The Kier molecular flexibility index (Phi) is 7.34. The molecule has 3 aromatic rings. The molecule has 0 aliphatic carbocycles. The van der Waals surface area contributed by atoms with Crippen molar-refractivity contribution in [2.75, 3.05) is 7.05 Å². The van der Waals surface area contributed by atoms with Gasteiger partial charge in [-0.2, -0.15) is 5.10 Å². The summed E-state index contributed by atoms with van der Waals surface area (Å²) in [5.41, 5.74) is 3.17. The molecule has 0 amide bonds. The van der Waals surface area contributed by atoms with Gasteiger partial charge in [0.2, 0.25) is 0 Å². The lowest BCUT2D eigenvalue weighted by Gasteiger charge is -2.14. The topological polar surface area (TPSA) is 84.9 Å². The third-order valence-corrected chi connectivity index (χ3v) is 4.23. The number of nitrogens with one attached hydrogen (secondary N) is 2. The summed E-state index contributed by atoms with van der Waals surface area (Å²) in [4.78, 5) is 4.28. The Hall–Kier alpha value is -2.43. The van der Waals surface area contributed by atoms with Crippen molar-refractivity contribution in [1.82, 2.24) is 35.2 Å². The fourth-order valence-corrected chi connectivity index (χ4v) is 2.60. The molecule has 0 spiro atoms. The maximum Gasteiger partial charge on any atom is 0.191 e. The van der Waals surface area contributed by atoms with E-state index in [0.29, 0.717) is 19.0 Å². The van der Waals surface area contributed by atoms with Gasteiger partial charge in [0.1, 0.15) is 5.82 Å². The predicted molar refractivity (Wildman–Crippen MR) is 116 cm³/mol. The van der Waals surface area contributed by atoms with E-state index >= 15 is 0 Å². The van der Waals surface area contributed by atoms with E-state index in [1.54, 1.807) is 7.05 Å². The van der Waals surface area contributed by atoms with E-state index < -0.39 is 0 Å². The van der Waals surface area contributed by atoms with Crippen molar-refractivity contribution in [2.24, 2.45) is 12.0 Å². The summed E-state index contributed by atoms with van der Waals surface area (Å²) in [5, 5.41) is 19.3. The summed E-state index contributed by atoms with van der Waals surface area (Å²) in [5.74, 6) is 2.45. The van der Waals surface area contributed by atoms with E-state index in [0.717, 1.165) is 28.6 Å². The van der Waals surface area contributed by atoms with Crippen LogP contribution >= 0.6 is 24.0 Å². The van der Waals surface area contributed by atoms with Gasteiger partial charge in [-0.05, 0) is 31.5 Å². The summed E-state index contributed by atoms with van der Waals surface area (Å²) < 4.78 is 3.85. The average molecular weight is 480 g/mol. The third kappa shape index (κ3) is 5.06. The summed E-state index contributed by atoms with van der Waals surface area (Å²) in [6.45, 7) is 5.10. The van der Waals surface area contributed by atoms with E-state index in [1.807, 2.05) is 54.5 Å². The van der Waals surface area contributed by atoms with Gasteiger partial charge in [0, 0.05) is 26.8 Å². The van der Waals surface area contributed by atoms with Crippen LogP contribution in [-0.2, 0) is 20.1 Å². The zero-order valence-corrected chi connectivity index (χ0v) is 18.3. The van der Waals surface area contributed by atoms with E-state index in [-0.39, 0.29) is 24.0 Å². The molecule has 0 atom stereocenters. The minimum atomic E-state index is 0. The van der Waals surface area contributed by atoms with Crippen LogP contribution in [0.5, 0.6) is 0 Å². The van der Waals surface area contributed by atoms with Crippen LogP contribution in [0, 0.1) is 13.8 Å². The second-order valence-electron chi connectivity index (χ2n) is 6.03. The summed E-state index contributed by atoms with van der Waals surface area (Å²) in [7, 11) is 3.70. The van der Waals surface area contributed by atoms with Crippen LogP contribution in [0.1, 0.15) is 22.9 Å². The number of aromatic nitrogens is 5. The van der Waals surface area contributed by atoms with Crippen molar-refractivity contribution in [3.05, 3.63) is 59.4 Å². The maximum absolute atomic E-state index is 4.50. The van der Waals surface area contributed by atoms with Gasteiger partial charge in [-0.15, -0.1) is 34.2 Å². The van der Waals surface area contributed by atoms with E-state index in [2.05, 4.69) is 43.1 Å². The Labute approximate surface area is 176 Å². The SMILES string of the molecule is CN=C(NCc1ccccc1-n1ccc(C)n1)NCc1nnc(C)n1C.I. The van der Waals surface area contributed by atoms with Crippen molar-refractivity contribution in [3.8, 4) is 5.69 Å². The van der Waals surface area contributed by atoms with Crippen LogP contribution < -0.4 is 10.6 Å². The standard InChI is InChI=1S/C18H24N8.HI/c1-13-9-10-26(24-13)16-8-6-5-7-15(16)11-20-18(19-3)21-12-17-23-22-14(2)25(17)4;/h5-10H,11-12H2,1-4H3,(H2,19,20,21);1H. The second-order valence-corrected chi connectivity index (χ2v) is 6.03. The molecule has 9 heteroatoms. The molecule has 0 saturated carbocycles. The van der Waals surface area contributed by atoms with Crippen LogP contribution in [0.4, 0.5) is 0 Å².